The number of nitro benzene ring substituents is 1. The first-order chi connectivity index (χ1) is 11.1. The van der Waals surface area contributed by atoms with E-state index in [0.717, 1.165) is 43.5 Å². The van der Waals surface area contributed by atoms with Crippen molar-refractivity contribution in [1.29, 1.82) is 0 Å². The Hall–Kier alpha value is -3.10. The number of carbonyl (C=O) groups excluding carboxylic acids is 1. The molecule has 24 heavy (non-hydrogen) atoms. The Labute approximate surface area is 133 Å². The second-order valence-corrected chi connectivity index (χ2v) is 4.71. The molecular weight excluding hydrogens is 331 g/mol. The molecule has 0 amide bonds. The molecule has 9 heteroatoms. The number of carbonyl (C=O) groups is 1. The molecule has 1 N–H and O–H groups in total. The average molecular weight is 341 g/mol. The minimum Gasteiger partial charge on any atom is -0.500 e. The van der Waals surface area contributed by atoms with E-state index in [4.69, 9.17) is 4.74 Å². The summed E-state index contributed by atoms with van der Waals surface area (Å²) in [6.07, 6.45) is -4.54. The highest BCUT2D eigenvalue weighted by Gasteiger charge is 2.30. The van der Waals surface area contributed by atoms with Gasteiger partial charge in [-0.15, -0.1) is 0 Å². The van der Waals surface area contributed by atoms with Crippen LogP contribution in [0.4, 0.5) is 18.9 Å². The van der Waals surface area contributed by atoms with Crippen molar-refractivity contribution in [2.45, 2.75) is 6.18 Å². The molecule has 0 saturated carbocycles. The molecule has 0 unspecified atom stereocenters. The zero-order valence-corrected chi connectivity index (χ0v) is 12.1. The molecule has 2 aromatic carbocycles. The van der Waals surface area contributed by atoms with Crippen LogP contribution in [0.5, 0.6) is 11.5 Å². The first-order valence-corrected chi connectivity index (χ1v) is 6.42. The largest absolute Gasteiger partial charge is 0.500 e. The Kier molecular flexibility index (Phi) is 4.45. The molecule has 2 aromatic rings. The number of methoxy groups -OCH3 is 1. The van der Waals surface area contributed by atoms with Gasteiger partial charge in [0.05, 0.1) is 17.6 Å². The van der Waals surface area contributed by atoms with Crippen LogP contribution in [0.2, 0.25) is 0 Å². The zero-order chi connectivity index (χ0) is 18.1. The number of nitrogens with zero attached hydrogens (tertiary/aromatic N) is 1. The number of rotatable bonds is 4. The minimum absolute atomic E-state index is 0.0926. The van der Waals surface area contributed by atoms with Gasteiger partial charge in [-0.3, -0.25) is 14.9 Å². The third kappa shape index (κ3) is 3.29. The normalized spacial score (nSPS) is 11.2. The predicted molar refractivity (Wildman–Crippen MR) is 76.2 cm³/mol. The van der Waals surface area contributed by atoms with Gasteiger partial charge in [-0.2, -0.15) is 13.2 Å². The van der Waals surface area contributed by atoms with Gasteiger partial charge in [0, 0.05) is 17.2 Å². The van der Waals surface area contributed by atoms with Crippen LogP contribution >= 0.6 is 0 Å². The third-order valence-electron chi connectivity index (χ3n) is 3.21. The fourth-order valence-corrected chi connectivity index (χ4v) is 2.00. The van der Waals surface area contributed by atoms with Crippen molar-refractivity contribution >= 4 is 11.5 Å². The van der Waals surface area contributed by atoms with Gasteiger partial charge in [0.1, 0.15) is 0 Å². The number of hydrogen-bond donors (Lipinski definition) is 1. The summed E-state index contributed by atoms with van der Waals surface area (Å²) in [6, 6.07) is 5.31. The van der Waals surface area contributed by atoms with Crippen LogP contribution < -0.4 is 4.74 Å². The molecule has 0 aliphatic rings. The maximum absolute atomic E-state index is 12.5. The molecule has 6 nitrogen and oxygen atoms in total. The quantitative estimate of drug-likeness (QED) is 0.522. The van der Waals surface area contributed by atoms with Crippen molar-refractivity contribution in [3.05, 3.63) is 63.2 Å². The summed E-state index contributed by atoms with van der Waals surface area (Å²) in [7, 11) is 1.14. The van der Waals surface area contributed by atoms with E-state index in [-0.39, 0.29) is 16.9 Å². The second-order valence-electron chi connectivity index (χ2n) is 4.71. The van der Waals surface area contributed by atoms with E-state index in [2.05, 4.69) is 0 Å². The molecule has 0 aliphatic heterocycles. The highest BCUT2D eigenvalue weighted by Crippen LogP contribution is 2.37. The second kappa shape index (κ2) is 6.19. The van der Waals surface area contributed by atoms with Crippen LogP contribution in [0.25, 0.3) is 0 Å². The summed E-state index contributed by atoms with van der Waals surface area (Å²) >= 11 is 0. The summed E-state index contributed by atoms with van der Waals surface area (Å²) in [5, 5.41) is 20.6. The van der Waals surface area contributed by atoms with Gasteiger partial charge in [0.15, 0.2) is 11.5 Å². The van der Waals surface area contributed by atoms with Crippen LogP contribution in [0.3, 0.4) is 0 Å². The van der Waals surface area contributed by atoms with Crippen LogP contribution in [0, 0.1) is 10.1 Å². The zero-order valence-electron chi connectivity index (χ0n) is 12.1. The molecule has 0 bridgehead atoms. The number of halogens is 3. The molecule has 0 spiro atoms. The Morgan fingerprint density at radius 2 is 1.75 bits per heavy atom. The van der Waals surface area contributed by atoms with Gasteiger partial charge < -0.3 is 9.84 Å². The molecule has 0 fully saturated rings. The standard InChI is InChI=1S/C15H10F3NO5/c1-24-12-7-9(6-11(14(12)21)19(22)23)13(20)8-2-4-10(5-3-8)15(16,17)18/h2-7,21H,1H3. The molecule has 0 heterocycles. The van der Waals surface area contributed by atoms with Gasteiger partial charge in [-0.1, -0.05) is 12.1 Å². The van der Waals surface area contributed by atoms with Crippen molar-refractivity contribution in [1.82, 2.24) is 0 Å². The van der Waals surface area contributed by atoms with Crippen LogP contribution in [0.1, 0.15) is 21.5 Å². The fraction of sp³-hybridized carbons (Fsp3) is 0.133. The number of nitro groups is 1. The molecule has 0 atom stereocenters. The van der Waals surface area contributed by atoms with E-state index in [9.17, 15) is 33.2 Å². The lowest BCUT2D eigenvalue weighted by Gasteiger charge is -2.09. The summed E-state index contributed by atoms with van der Waals surface area (Å²) in [4.78, 5) is 22.3. The molecule has 0 aromatic heterocycles. The van der Waals surface area contributed by atoms with Crippen molar-refractivity contribution in [3.8, 4) is 11.5 Å². The van der Waals surface area contributed by atoms with Gasteiger partial charge in [-0.05, 0) is 18.2 Å². The highest BCUT2D eigenvalue weighted by molar-refractivity contribution is 6.09. The van der Waals surface area contributed by atoms with Crippen LogP contribution in [0.15, 0.2) is 36.4 Å². The molecule has 2 rings (SSSR count). The smallest absolute Gasteiger partial charge is 0.416 e. The Bertz CT molecular complexity index is 800. The average Bonchev–Trinajstić information content (AvgIpc) is 2.53. The van der Waals surface area contributed by atoms with E-state index in [1.165, 1.54) is 0 Å². The lowest BCUT2D eigenvalue weighted by atomic mass is 10.0. The van der Waals surface area contributed by atoms with Crippen molar-refractivity contribution in [2.24, 2.45) is 0 Å². The molecule has 126 valence electrons. The van der Waals surface area contributed by atoms with E-state index in [1.54, 1.807) is 0 Å². The van der Waals surface area contributed by atoms with Crippen molar-refractivity contribution < 1.29 is 32.7 Å². The third-order valence-corrected chi connectivity index (χ3v) is 3.21. The number of hydrogen-bond acceptors (Lipinski definition) is 5. The summed E-state index contributed by atoms with van der Waals surface area (Å²) in [6.45, 7) is 0. The highest BCUT2D eigenvalue weighted by atomic mass is 19.4. The molecule has 0 radical (unpaired) electrons. The summed E-state index contributed by atoms with van der Waals surface area (Å²) in [5.74, 6) is -1.78. The maximum Gasteiger partial charge on any atom is 0.416 e. The molecule has 0 saturated heterocycles. The maximum atomic E-state index is 12.5. The topological polar surface area (TPSA) is 89.7 Å². The van der Waals surface area contributed by atoms with E-state index in [0.29, 0.717) is 0 Å². The van der Waals surface area contributed by atoms with Crippen LogP contribution in [-0.4, -0.2) is 22.9 Å². The van der Waals surface area contributed by atoms with E-state index >= 15 is 0 Å². The van der Waals surface area contributed by atoms with Gasteiger partial charge in [0.2, 0.25) is 5.75 Å². The van der Waals surface area contributed by atoms with Crippen molar-refractivity contribution in [2.75, 3.05) is 7.11 Å². The molecule has 0 aliphatic carbocycles. The number of alkyl halides is 3. The minimum atomic E-state index is -4.54. The number of ketones is 1. The van der Waals surface area contributed by atoms with Gasteiger partial charge >= 0.3 is 11.9 Å². The Balaban J connectivity index is 2.46. The van der Waals surface area contributed by atoms with Crippen LogP contribution in [-0.2, 0) is 6.18 Å². The van der Waals surface area contributed by atoms with Crippen molar-refractivity contribution in [3.63, 3.8) is 0 Å². The number of aromatic hydroxyl groups is 1. The number of benzene rings is 2. The van der Waals surface area contributed by atoms with Gasteiger partial charge in [-0.25, -0.2) is 0 Å². The SMILES string of the molecule is COc1cc(C(=O)c2ccc(C(F)(F)F)cc2)cc([N+](=O)[O-])c1O. The Morgan fingerprint density at radius 1 is 1.17 bits per heavy atom. The summed E-state index contributed by atoms with van der Waals surface area (Å²) < 4.78 is 42.3. The lowest BCUT2D eigenvalue weighted by molar-refractivity contribution is -0.386. The van der Waals surface area contributed by atoms with E-state index in [1.807, 2.05) is 0 Å². The summed E-state index contributed by atoms with van der Waals surface area (Å²) in [5.41, 5.74) is -1.96. The number of phenolic OH excluding ortho intramolecular Hbond substituents is 1. The first-order valence-electron chi connectivity index (χ1n) is 6.42. The molecular formula is C15H10F3NO5. The fourth-order valence-electron chi connectivity index (χ4n) is 2.00. The van der Waals surface area contributed by atoms with E-state index < -0.39 is 33.9 Å². The number of ether oxygens (including phenoxy) is 1. The Morgan fingerprint density at radius 3 is 2.21 bits per heavy atom. The number of phenols is 1. The lowest BCUT2D eigenvalue weighted by Crippen LogP contribution is -2.07. The predicted octanol–water partition coefficient (Wildman–Crippen LogP) is 3.56. The monoisotopic (exact) mass is 341 g/mol. The van der Waals surface area contributed by atoms with Gasteiger partial charge in [0.25, 0.3) is 0 Å². The first kappa shape index (κ1) is 17.3.